The fourth-order valence-electron chi connectivity index (χ4n) is 2.55. The lowest BCUT2D eigenvalue weighted by Gasteiger charge is -2.19. The van der Waals surface area contributed by atoms with Crippen molar-refractivity contribution in [3.05, 3.63) is 12.2 Å². The summed E-state index contributed by atoms with van der Waals surface area (Å²) in [4.78, 5) is 34.2. The van der Waals surface area contributed by atoms with Crippen molar-refractivity contribution < 1.29 is 19.5 Å². The van der Waals surface area contributed by atoms with Crippen LogP contribution in [0.4, 0.5) is 0 Å². The Morgan fingerprint density at radius 3 is 2.75 bits per heavy atom. The first kappa shape index (κ1) is 16.4. The van der Waals surface area contributed by atoms with Crippen molar-refractivity contribution in [3.8, 4) is 0 Å². The third-order valence-corrected chi connectivity index (χ3v) is 3.72. The van der Waals surface area contributed by atoms with E-state index < -0.39 is 12.0 Å². The van der Waals surface area contributed by atoms with Crippen molar-refractivity contribution >= 4 is 17.7 Å². The van der Waals surface area contributed by atoms with Gasteiger partial charge in [0.25, 0.3) is 0 Å². The van der Waals surface area contributed by atoms with Crippen LogP contribution in [0.3, 0.4) is 0 Å². The molecule has 1 rings (SSSR count). The largest absolute Gasteiger partial charge is 0.548 e. The Balaban J connectivity index is 2.52. The lowest BCUT2D eigenvalue weighted by atomic mass is 9.89. The van der Waals surface area contributed by atoms with Crippen molar-refractivity contribution in [1.82, 2.24) is 5.32 Å². The number of carbonyl (C=O) groups is 3. The van der Waals surface area contributed by atoms with Crippen LogP contribution in [0.25, 0.3) is 0 Å². The van der Waals surface area contributed by atoms with Crippen molar-refractivity contribution in [1.29, 1.82) is 0 Å². The van der Waals surface area contributed by atoms with Gasteiger partial charge in [0.2, 0.25) is 5.91 Å². The molecule has 5 heteroatoms. The Hall–Kier alpha value is -1.65. The Kier molecular flexibility index (Phi) is 6.42. The van der Waals surface area contributed by atoms with Crippen LogP contribution in [-0.2, 0) is 14.4 Å². The van der Waals surface area contributed by atoms with Crippen LogP contribution in [0.2, 0.25) is 0 Å². The lowest BCUT2D eigenvalue weighted by Crippen LogP contribution is -2.46. The molecule has 0 aromatic heterocycles. The second-order valence-corrected chi connectivity index (χ2v) is 5.30. The Morgan fingerprint density at radius 1 is 1.45 bits per heavy atom. The van der Waals surface area contributed by atoms with E-state index >= 15 is 0 Å². The standard InChI is InChI=1S/C15H23NO4/c1-3-4-5-6-12-11(7-8-13(12)17)9-14(18)16-10(2)15(19)20/h4-5,10-12H,3,6-9H2,1-2H3,(H,16,18)(H,19,20)/p-1/b5-4-/t10-,11?,12?/m0/s1. The van der Waals surface area contributed by atoms with Crippen molar-refractivity contribution in [2.75, 3.05) is 0 Å². The number of aliphatic carboxylic acids is 1. The second kappa shape index (κ2) is 7.82. The SMILES string of the molecule is CC/C=C\CC1C(=O)CCC1CC(=O)N[C@@H](C)C(=O)[O-]. The minimum absolute atomic E-state index is 0.0120. The molecule has 0 aliphatic heterocycles. The average molecular weight is 280 g/mol. The molecule has 1 N–H and O–H groups in total. The molecule has 1 saturated carbocycles. The zero-order chi connectivity index (χ0) is 15.1. The summed E-state index contributed by atoms with van der Waals surface area (Å²) in [5.74, 6) is -1.52. The van der Waals surface area contributed by atoms with Crippen LogP contribution in [0.15, 0.2) is 12.2 Å². The minimum atomic E-state index is -1.30. The van der Waals surface area contributed by atoms with Gasteiger partial charge in [0, 0.05) is 18.8 Å². The van der Waals surface area contributed by atoms with Crippen LogP contribution in [0.5, 0.6) is 0 Å². The topological polar surface area (TPSA) is 86.3 Å². The number of hydrogen-bond donors (Lipinski definition) is 1. The predicted octanol–water partition coefficient (Wildman–Crippen LogP) is 0.583. The predicted molar refractivity (Wildman–Crippen MR) is 72.5 cm³/mol. The van der Waals surface area contributed by atoms with Crippen LogP contribution < -0.4 is 10.4 Å². The first-order chi connectivity index (χ1) is 9.45. The van der Waals surface area contributed by atoms with Crippen LogP contribution in [0, 0.1) is 11.8 Å². The third-order valence-electron chi connectivity index (χ3n) is 3.72. The molecule has 1 amide bonds. The van der Waals surface area contributed by atoms with Crippen molar-refractivity contribution in [2.24, 2.45) is 11.8 Å². The van der Waals surface area contributed by atoms with Gasteiger partial charge in [0.05, 0.1) is 12.0 Å². The molecule has 0 radical (unpaired) electrons. The van der Waals surface area contributed by atoms with Gasteiger partial charge in [0.1, 0.15) is 5.78 Å². The number of carboxylic acids is 1. The molecule has 5 nitrogen and oxygen atoms in total. The fourth-order valence-corrected chi connectivity index (χ4v) is 2.55. The zero-order valence-electron chi connectivity index (χ0n) is 12.1. The summed E-state index contributed by atoms with van der Waals surface area (Å²) in [6.45, 7) is 3.40. The molecule has 0 saturated heterocycles. The molecular formula is C15H22NO4-. The number of carboxylic acid groups (broad SMARTS) is 1. The highest BCUT2D eigenvalue weighted by atomic mass is 16.4. The van der Waals surface area contributed by atoms with Gasteiger partial charge in [0.15, 0.2) is 0 Å². The summed E-state index contributed by atoms with van der Waals surface area (Å²) in [5.41, 5.74) is 0. The maximum atomic E-state index is 11.8. The molecule has 3 atom stereocenters. The number of nitrogens with one attached hydrogen (secondary N) is 1. The average Bonchev–Trinajstić information content (AvgIpc) is 2.71. The van der Waals surface area contributed by atoms with Gasteiger partial charge in [-0.05, 0) is 32.1 Å². The second-order valence-electron chi connectivity index (χ2n) is 5.30. The van der Waals surface area contributed by atoms with E-state index in [1.54, 1.807) is 0 Å². The molecule has 2 unspecified atom stereocenters. The van der Waals surface area contributed by atoms with Gasteiger partial charge >= 0.3 is 0 Å². The summed E-state index contributed by atoms with van der Waals surface area (Å²) >= 11 is 0. The lowest BCUT2D eigenvalue weighted by molar-refractivity contribution is -0.307. The van der Waals surface area contributed by atoms with Gasteiger partial charge in [-0.2, -0.15) is 0 Å². The zero-order valence-corrected chi connectivity index (χ0v) is 12.1. The van der Waals surface area contributed by atoms with E-state index in [0.29, 0.717) is 19.3 Å². The highest BCUT2D eigenvalue weighted by Crippen LogP contribution is 2.34. The molecule has 0 aromatic carbocycles. The number of amides is 1. The van der Waals surface area contributed by atoms with Crippen LogP contribution in [0.1, 0.15) is 46.0 Å². The Labute approximate surface area is 119 Å². The number of allylic oxidation sites excluding steroid dienone is 2. The van der Waals surface area contributed by atoms with E-state index in [-0.39, 0.29) is 29.9 Å². The number of hydrogen-bond acceptors (Lipinski definition) is 4. The number of ketones is 1. The molecule has 0 bridgehead atoms. The monoisotopic (exact) mass is 280 g/mol. The van der Waals surface area contributed by atoms with E-state index in [9.17, 15) is 19.5 Å². The van der Waals surface area contributed by atoms with Gasteiger partial charge < -0.3 is 15.2 Å². The Bertz CT molecular complexity index is 403. The molecule has 0 spiro atoms. The quantitative estimate of drug-likeness (QED) is 0.691. The van der Waals surface area contributed by atoms with Crippen molar-refractivity contribution in [2.45, 2.75) is 52.0 Å². The van der Waals surface area contributed by atoms with Crippen LogP contribution >= 0.6 is 0 Å². The van der Waals surface area contributed by atoms with Gasteiger partial charge in [-0.15, -0.1) is 0 Å². The van der Waals surface area contributed by atoms with E-state index in [1.807, 2.05) is 19.1 Å². The first-order valence-electron chi connectivity index (χ1n) is 7.13. The summed E-state index contributed by atoms with van der Waals surface area (Å²) in [6, 6.07) is -1.00. The van der Waals surface area contributed by atoms with E-state index in [2.05, 4.69) is 5.32 Å². The summed E-state index contributed by atoms with van der Waals surface area (Å²) in [5, 5.41) is 13.0. The fraction of sp³-hybridized carbons (Fsp3) is 0.667. The minimum Gasteiger partial charge on any atom is -0.548 e. The number of rotatable bonds is 7. The smallest absolute Gasteiger partial charge is 0.220 e. The molecule has 20 heavy (non-hydrogen) atoms. The third kappa shape index (κ3) is 4.79. The maximum absolute atomic E-state index is 11.8. The number of carbonyl (C=O) groups excluding carboxylic acids is 3. The van der Waals surface area contributed by atoms with Gasteiger partial charge in [-0.25, -0.2) is 0 Å². The van der Waals surface area contributed by atoms with E-state index in [1.165, 1.54) is 6.92 Å². The summed E-state index contributed by atoms with van der Waals surface area (Å²) < 4.78 is 0. The van der Waals surface area contributed by atoms with Crippen LogP contribution in [-0.4, -0.2) is 23.7 Å². The van der Waals surface area contributed by atoms with Gasteiger partial charge in [-0.1, -0.05) is 19.1 Å². The van der Waals surface area contributed by atoms with E-state index in [4.69, 9.17) is 0 Å². The molecule has 0 aromatic rings. The summed E-state index contributed by atoms with van der Waals surface area (Å²) in [6.07, 6.45) is 7.02. The normalized spacial score (nSPS) is 24.0. The summed E-state index contributed by atoms with van der Waals surface area (Å²) in [7, 11) is 0. The van der Waals surface area contributed by atoms with Gasteiger partial charge in [-0.3, -0.25) is 9.59 Å². The molecule has 1 aliphatic rings. The molecule has 112 valence electrons. The molecule has 1 aliphatic carbocycles. The Morgan fingerprint density at radius 2 is 2.15 bits per heavy atom. The van der Waals surface area contributed by atoms with Crippen molar-refractivity contribution in [3.63, 3.8) is 0 Å². The maximum Gasteiger partial charge on any atom is 0.220 e. The van der Waals surface area contributed by atoms with E-state index in [0.717, 1.165) is 6.42 Å². The first-order valence-corrected chi connectivity index (χ1v) is 7.13. The highest BCUT2D eigenvalue weighted by Gasteiger charge is 2.34. The molecule has 0 heterocycles. The number of Topliss-reactive ketones (excluding diaryl/α,β-unsaturated/α-hetero) is 1. The molecular weight excluding hydrogens is 258 g/mol. The molecule has 1 fully saturated rings. The highest BCUT2D eigenvalue weighted by molar-refractivity contribution is 5.86.